The van der Waals surface area contributed by atoms with Crippen LogP contribution in [0.15, 0.2) is 0 Å². The normalized spacial score (nSPS) is 6.14. The molecule has 44 valence electrons. The number of hydrogen-bond acceptors (Lipinski definition) is 2. The van der Waals surface area contributed by atoms with Crippen molar-refractivity contribution in [3.63, 3.8) is 0 Å². The third kappa shape index (κ3) is 25.2. The van der Waals surface area contributed by atoms with Gasteiger partial charge in [-0.05, 0) is 0 Å². The Bertz CT molecular complexity index is 48.2. The van der Waals surface area contributed by atoms with E-state index in [2.05, 4.69) is 15.0 Å². The van der Waals surface area contributed by atoms with Crippen LogP contribution in [0, 0.1) is 0 Å². The Labute approximate surface area is 45.1 Å². The minimum Gasteiger partial charge on any atom is -0.480 e. The van der Waals surface area contributed by atoms with E-state index in [1.807, 2.05) is 6.66 Å². The van der Waals surface area contributed by atoms with Crippen LogP contribution in [0.25, 0.3) is 0 Å². The number of hydrogen-bond donors (Lipinski definition) is 2. The van der Waals surface area contributed by atoms with Gasteiger partial charge >= 0.3 is 5.97 Å². The maximum absolute atomic E-state index is 9.24. The molecule has 4 heteroatoms. The second kappa shape index (κ2) is 9.29. The van der Waals surface area contributed by atoms with Gasteiger partial charge in [0, 0.05) is 0 Å². The van der Waals surface area contributed by atoms with Crippen LogP contribution in [0.1, 0.15) is 0 Å². The Morgan fingerprint density at radius 2 is 2.00 bits per heavy atom. The molecule has 0 aromatic rings. The molecular formula is C3H10NO2P. The average molecular weight is 123 g/mol. The van der Waals surface area contributed by atoms with Gasteiger partial charge in [-0.3, -0.25) is 4.79 Å². The first kappa shape index (κ1) is 9.97. The fourth-order valence-corrected chi connectivity index (χ4v) is 0. The number of rotatable bonds is 1. The third-order valence-electron chi connectivity index (χ3n) is 0.175. The molecule has 0 saturated carbocycles. The van der Waals surface area contributed by atoms with Gasteiger partial charge in [-0.15, -0.1) is 9.24 Å². The van der Waals surface area contributed by atoms with Crippen molar-refractivity contribution in [2.75, 3.05) is 13.2 Å². The zero-order valence-corrected chi connectivity index (χ0v) is 5.37. The Balaban J connectivity index is 0. The first-order valence-electron chi connectivity index (χ1n) is 1.77. The molecule has 0 rings (SSSR count). The molecule has 0 spiro atoms. The summed E-state index contributed by atoms with van der Waals surface area (Å²) in [6.07, 6.45) is 0. The molecule has 0 fully saturated rings. The summed E-state index contributed by atoms with van der Waals surface area (Å²) in [7, 11) is 2.42. The van der Waals surface area contributed by atoms with Crippen molar-refractivity contribution in [2.45, 2.75) is 0 Å². The summed E-state index contributed by atoms with van der Waals surface area (Å²) in [6, 6.07) is 0. The largest absolute Gasteiger partial charge is 0.480 e. The summed E-state index contributed by atoms with van der Waals surface area (Å²) >= 11 is 0. The van der Waals surface area contributed by atoms with E-state index in [9.17, 15) is 4.79 Å². The third-order valence-corrected chi connectivity index (χ3v) is 0.175. The molecule has 0 aliphatic heterocycles. The van der Waals surface area contributed by atoms with E-state index in [-0.39, 0.29) is 6.54 Å². The zero-order valence-electron chi connectivity index (χ0n) is 4.22. The van der Waals surface area contributed by atoms with Crippen LogP contribution >= 0.6 is 9.24 Å². The van der Waals surface area contributed by atoms with Crippen molar-refractivity contribution in [2.24, 2.45) is 5.73 Å². The van der Waals surface area contributed by atoms with Crippen molar-refractivity contribution in [3.8, 4) is 0 Å². The molecule has 0 saturated heterocycles. The Hall–Kier alpha value is -0.140. The molecule has 0 aliphatic rings. The fraction of sp³-hybridized carbons (Fsp3) is 0.667. The highest BCUT2D eigenvalue weighted by molar-refractivity contribution is 7.15. The number of carboxylic acid groups (broad SMARTS) is 1. The monoisotopic (exact) mass is 123 g/mol. The highest BCUT2D eigenvalue weighted by Crippen LogP contribution is 1.46. The van der Waals surface area contributed by atoms with Gasteiger partial charge in [0.15, 0.2) is 0 Å². The van der Waals surface area contributed by atoms with E-state index < -0.39 is 5.97 Å². The molecule has 3 nitrogen and oxygen atoms in total. The Morgan fingerprint density at radius 3 is 2.00 bits per heavy atom. The van der Waals surface area contributed by atoms with Gasteiger partial charge in [0.2, 0.25) is 0 Å². The number of carbonyl (C=O) groups is 1. The quantitative estimate of drug-likeness (QED) is 0.463. The van der Waals surface area contributed by atoms with Gasteiger partial charge < -0.3 is 10.8 Å². The lowest BCUT2D eigenvalue weighted by molar-refractivity contribution is -0.135. The Morgan fingerprint density at radius 1 is 1.86 bits per heavy atom. The predicted octanol–water partition coefficient (Wildman–Crippen LogP) is -0.479. The lowest BCUT2D eigenvalue weighted by Gasteiger charge is -1.73. The molecule has 0 radical (unpaired) electrons. The SMILES string of the molecule is CP.NCC(=O)O. The van der Waals surface area contributed by atoms with E-state index in [1.54, 1.807) is 0 Å². The van der Waals surface area contributed by atoms with E-state index >= 15 is 0 Å². The van der Waals surface area contributed by atoms with E-state index in [4.69, 9.17) is 5.11 Å². The van der Waals surface area contributed by atoms with E-state index in [0.29, 0.717) is 0 Å². The van der Waals surface area contributed by atoms with Gasteiger partial charge in [0.25, 0.3) is 0 Å². The lowest BCUT2D eigenvalue weighted by atomic mass is 10.7. The Kier molecular flexibility index (Phi) is 13.2. The fourth-order valence-electron chi connectivity index (χ4n) is 0. The second-order valence-electron chi connectivity index (χ2n) is 0.598. The first-order chi connectivity index (χ1) is 3.27. The summed E-state index contributed by atoms with van der Waals surface area (Å²) in [6.45, 7) is 1.64. The van der Waals surface area contributed by atoms with Crippen molar-refractivity contribution in [1.29, 1.82) is 0 Å². The van der Waals surface area contributed by atoms with Gasteiger partial charge in [-0.2, -0.15) is 0 Å². The van der Waals surface area contributed by atoms with Crippen LogP contribution in [0.5, 0.6) is 0 Å². The van der Waals surface area contributed by atoms with Crippen LogP contribution in [-0.4, -0.2) is 24.3 Å². The highest BCUT2D eigenvalue weighted by atomic mass is 31.0. The minimum atomic E-state index is -0.968. The van der Waals surface area contributed by atoms with Gasteiger partial charge in [0.1, 0.15) is 0 Å². The molecule has 1 atom stereocenters. The van der Waals surface area contributed by atoms with Crippen LogP contribution in [0.3, 0.4) is 0 Å². The maximum Gasteiger partial charge on any atom is 0.317 e. The average Bonchev–Trinajstić information content (AvgIpc) is 1.73. The highest BCUT2D eigenvalue weighted by Gasteiger charge is 1.81. The van der Waals surface area contributed by atoms with Gasteiger partial charge in [-0.25, -0.2) is 0 Å². The number of carboxylic acids is 1. The van der Waals surface area contributed by atoms with E-state index in [1.165, 1.54) is 0 Å². The molecule has 3 N–H and O–H groups in total. The first-order valence-corrected chi connectivity index (χ1v) is 2.92. The number of aliphatic carboxylic acids is 1. The van der Waals surface area contributed by atoms with Crippen LogP contribution < -0.4 is 5.73 Å². The molecule has 0 aliphatic carbocycles. The molecule has 0 aromatic carbocycles. The summed E-state index contributed by atoms with van der Waals surface area (Å²) in [5.41, 5.74) is 4.57. The van der Waals surface area contributed by atoms with Gasteiger partial charge in [0.05, 0.1) is 6.54 Å². The summed E-state index contributed by atoms with van der Waals surface area (Å²) in [4.78, 5) is 9.24. The van der Waals surface area contributed by atoms with Crippen molar-refractivity contribution >= 4 is 15.2 Å². The molecule has 0 amide bonds. The topological polar surface area (TPSA) is 63.3 Å². The van der Waals surface area contributed by atoms with Crippen LogP contribution in [0.4, 0.5) is 0 Å². The van der Waals surface area contributed by atoms with Crippen molar-refractivity contribution in [3.05, 3.63) is 0 Å². The van der Waals surface area contributed by atoms with Gasteiger partial charge in [-0.1, -0.05) is 6.66 Å². The molecule has 7 heavy (non-hydrogen) atoms. The smallest absolute Gasteiger partial charge is 0.317 e. The molecule has 0 heterocycles. The number of nitrogens with two attached hydrogens (primary N) is 1. The predicted molar refractivity (Wildman–Crippen MR) is 32.3 cm³/mol. The molecular weight excluding hydrogens is 113 g/mol. The van der Waals surface area contributed by atoms with E-state index in [0.717, 1.165) is 0 Å². The van der Waals surface area contributed by atoms with Crippen molar-refractivity contribution in [1.82, 2.24) is 0 Å². The van der Waals surface area contributed by atoms with Crippen molar-refractivity contribution < 1.29 is 9.90 Å². The molecule has 0 bridgehead atoms. The molecule has 0 aromatic heterocycles. The minimum absolute atomic E-state index is 0.278. The van der Waals surface area contributed by atoms with Crippen LogP contribution in [-0.2, 0) is 4.79 Å². The lowest BCUT2D eigenvalue weighted by Crippen LogP contribution is -2.10. The maximum atomic E-state index is 9.24. The summed E-state index contributed by atoms with van der Waals surface area (Å²) in [5.74, 6) is -0.968. The standard InChI is InChI=1S/C2H5NO2.CH5P/c3-1-2(4)5;1-2/h1,3H2,(H,4,5);2H2,1H3. The summed E-state index contributed by atoms with van der Waals surface area (Å²) < 4.78 is 0. The second-order valence-corrected chi connectivity index (χ2v) is 0.598. The molecule has 1 unspecified atom stereocenters. The van der Waals surface area contributed by atoms with Crippen LogP contribution in [0.2, 0.25) is 0 Å². The summed E-state index contributed by atoms with van der Waals surface area (Å²) in [5, 5.41) is 7.60. The zero-order chi connectivity index (χ0) is 6.28.